The van der Waals surface area contributed by atoms with E-state index >= 15 is 0 Å². The second kappa shape index (κ2) is 6.34. The van der Waals surface area contributed by atoms with Crippen LogP contribution in [0.1, 0.15) is 6.92 Å². The minimum atomic E-state index is -0.859. The van der Waals surface area contributed by atoms with Crippen molar-refractivity contribution in [3.05, 3.63) is 22.7 Å². The van der Waals surface area contributed by atoms with Crippen molar-refractivity contribution in [2.75, 3.05) is 25.5 Å². The summed E-state index contributed by atoms with van der Waals surface area (Å²) in [5.41, 5.74) is 0.595. The van der Waals surface area contributed by atoms with Crippen LogP contribution in [0.3, 0.4) is 0 Å². The Bertz CT molecular complexity index is 564. The molecule has 0 bridgehead atoms. The zero-order chi connectivity index (χ0) is 15.6. The number of hydrogen-bond acceptors (Lipinski definition) is 3. The van der Waals surface area contributed by atoms with E-state index < -0.39 is 11.9 Å². The summed E-state index contributed by atoms with van der Waals surface area (Å²) >= 11 is 3.34. The molecule has 7 heteroatoms. The zero-order valence-electron chi connectivity index (χ0n) is 11.8. The lowest BCUT2D eigenvalue weighted by Crippen LogP contribution is -2.33. The molecule has 0 spiro atoms. The van der Waals surface area contributed by atoms with Crippen molar-refractivity contribution in [2.45, 2.75) is 6.92 Å². The average molecular weight is 357 g/mol. The van der Waals surface area contributed by atoms with Crippen LogP contribution in [0.2, 0.25) is 0 Å². The van der Waals surface area contributed by atoms with Crippen LogP contribution in [-0.2, 0) is 4.79 Å². The number of hydrogen-bond donors (Lipinski definition) is 2. The first-order valence-electron chi connectivity index (χ1n) is 6.54. The van der Waals surface area contributed by atoms with Gasteiger partial charge in [0.05, 0.1) is 13.0 Å². The molecule has 1 aromatic rings. The van der Waals surface area contributed by atoms with Gasteiger partial charge in [-0.3, -0.25) is 4.79 Å². The number of halogens is 1. The fourth-order valence-corrected chi connectivity index (χ4v) is 2.88. The maximum absolute atomic E-state index is 12.2. The lowest BCUT2D eigenvalue weighted by atomic mass is 9.99. The Morgan fingerprint density at radius 2 is 2.10 bits per heavy atom. The highest BCUT2D eigenvalue weighted by atomic mass is 79.9. The molecular weight excluding hydrogens is 340 g/mol. The minimum absolute atomic E-state index is 0.0507. The third-order valence-electron chi connectivity index (χ3n) is 3.58. The monoisotopic (exact) mass is 356 g/mol. The summed E-state index contributed by atoms with van der Waals surface area (Å²) in [5.74, 6) is -0.794. The summed E-state index contributed by atoms with van der Waals surface area (Å²) < 4.78 is 5.92. The van der Waals surface area contributed by atoms with Gasteiger partial charge in [-0.05, 0) is 18.1 Å². The Kier molecular flexibility index (Phi) is 4.72. The number of carboxylic acid groups (broad SMARTS) is 1. The average Bonchev–Trinajstić information content (AvgIpc) is 2.80. The molecule has 2 amide bonds. The molecule has 1 aromatic carbocycles. The maximum atomic E-state index is 12.2. The van der Waals surface area contributed by atoms with E-state index in [-0.39, 0.29) is 18.5 Å². The quantitative estimate of drug-likeness (QED) is 0.872. The first-order valence-corrected chi connectivity index (χ1v) is 7.33. The van der Waals surface area contributed by atoms with E-state index in [1.807, 2.05) is 6.92 Å². The topological polar surface area (TPSA) is 78.9 Å². The predicted molar refractivity (Wildman–Crippen MR) is 81.6 cm³/mol. The Labute approximate surface area is 131 Å². The highest BCUT2D eigenvalue weighted by Crippen LogP contribution is 2.27. The Hall–Kier alpha value is -1.76. The van der Waals surface area contributed by atoms with E-state index in [9.17, 15) is 9.59 Å². The molecule has 114 valence electrons. The van der Waals surface area contributed by atoms with Gasteiger partial charge >= 0.3 is 12.0 Å². The Morgan fingerprint density at radius 3 is 2.67 bits per heavy atom. The molecule has 2 rings (SSSR count). The van der Waals surface area contributed by atoms with E-state index in [1.165, 1.54) is 4.90 Å². The summed E-state index contributed by atoms with van der Waals surface area (Å²) in [7, 11) is 1.55. The molecular formula is C14H17BrN2O4. The van der Waals surface area contributed by atoms with E-state index in [0.717, 1.165) is 4.47 Å². The van der Waals surface area contributed by atoms with E-state index in [4.69, 9.17) is 9.84 Å². The SMILES string of the molecule is COc1cc(Br)cc(NC(=O)N2CC(C)C(C(=O)O)C2)c1. The third-order valence-corrected chi connectivity index (χ3v) is 4.03. The van der Waals surface area contributed by atoms with Crippen molar-refractivity contribution in [1.82, 2.24) is 4.90 Å². The number of methoxy groups -OCH3 is 1. The number of rotatable bonds is 3. The molecule has 1 heterocycles. The molecule has 0 aromatic heterocycles. The molecule has 0 radical (unpaired) electrons. The molecule has 2 N–H and O–H groups in total. The lowest BCUT2D eigenvalue weighted by Gasteiger charge is -2.17. The molecule has 1 aliphatic rings. The van der Waals surface area contributed by atoms with Crippen molar-refractivity contribution in [3.63, 3.8) is 0 Å². The highest BCUT2D eigenvalue weighted by Gasteiger charge is 2.36. The number of anilines is 1. The first kappa shape index (κ1) is 15.6. The van der Waals surface area contributed by atoms with Crippen LogP contribution >= 0.6 is 15.9 Å². The smallest absolute Gasteiger partial charge is 0.321 e. The number of aliphatic carboxylic acids is 1. The zero-order valence-corrected chi connectivity index (χ0v) is 13.4. The van der Waals surface area contributed by atoms with Crippen LogP contribution in [0, 0.1) is 11.8 Å². The summed E-state index contributed by atoms with van der Waals surface area (Å²) in [6.07, 6.45) is 0. The number of likely N-dealkylation sites (tertiary alicyclic amines) is 1. The Balaban J connectivity index is 2.05. The normalized spacial score (nSPS) is 21.2. The number of carbonyl (C=O) groups excluding carboxylic acids is 1. The molecule has 0 saturated carbocycles. The molecule has 0 aliphatic carbocycles. The number of nitrogens with zero attached hydrogens (tertiary/aromatic N) is 1. The van der Waals surface area contributed by atoms with Crippen molar-refractivity contribution in [3.8, 4) is 5.75 Å². The minimum Gasteiger partial charge on any atom is -0.497 e. The van der Waals surface area contributed by atoms with Crippen molar-refractivity contribution >= 4 is 33.6 Å². The van der Waals surface area contributed by atoms with Crippen LogP contribution in [0.25, 0.3) is 0 Å². The van der Waals surface area contributed by atoms with Crippen LogP contribution in [0.5, 0.6) is 5.75 Å². The van der Waals surface area contributed by atoms with Gasteiger partial charge in [0.15, 0.2) is 0 Å². The van der Waals surface area contributed by atoms with E-state index in [2.05, 4.69) is 21.2 Å². The van der Waals surface area contributed by atoms with Crippen molar-refractivity contribution < 1.29 is 19.4 Å². The molecule has 2 atom stereocenters. The highest BCUT2D eigenvalue weighted by molar-refractivity contribution is 9.10. The van der Waals surface area contributed by atoms with Gasteiger partial charge in [-0.2, -0.15) is 0 Å². The van der Waals surface area contributed by atoms with Crippen molar-refractivity contribution in [1.29, 1.82) is 0 Å². The first-order chi connectivity index (χ1) is 9.90. The third kappa shape index (κ3) is 3.66. The maximum Gasteiger partial charge on any atom is 0.321 e. The fourth-order valence-electron chi connectivity index (χ4n) is 2.41. The fraction of sp³-hybridized carbons (Fsp3) is 0.429. The lowest BCUT2D eigenvalue weighted by molar-refractivity contribution is -0.142. The molecule has 2 unspecified atom stereocenters. The van der Waals surface area contributed by atoms with Gasteiger partial charge in [0.25, 0.3) is 0 Å². The van der Waals surface area contributed by atoms with Gasteiger partial charge in [0.1, 0.15) is 5.75 Å². The van der Waals surface area contributed by atoms with Gasteiger partial charge in [-0.1, -0.05) is 22.9 Å². The molecule has 1 fully saturated rings. The van der Waals surface area contributed by atoms with Gasteiger partial charge in [-0.25, -0.2) is 4.79 Å². The second-order valence-electron chi connectivity index (χ2n) is 5.14. The molecule has 1 saturated heterocycles. The summed E-state index contributed by atoms with van der Waals surface area (Å²) in [6, 6.07) is 4.95. The van der Waals surface area contributed by atoms with Gasteiger partial charge in [-0.15, -0.1) is 0 Å². The van der Waals surface area contributed by atoms with E-state index in [0.29, 0.717) is 18.0 Å². The van der Waals surface area contributed by atoms with Crippen molar-refractivity contribution in [2.24, 2.45) is 11.8 Å². The van der Waals surface area contributed by atoms with Gasteiger partial charge in [0.2, 0.25) is 0 Å². The molecule has 1 aliphatic heterocycles. The van der Waals surface area contributed by atoms with Crippen LogP contribution < -0.4 is 10.1 Å². The van der Waals surface area contributed by atoms with Crippen LogP contribution in [0.15, 0.2) is 22.7 Å². The predicted octanol–water partition coefficient (Wildman–Crippen LogP) is 2.64. The van der Waals surface area contributed by atoms with Gasteiger partial charge < -0.3 is 20.1 Å². The largest absolute Gasteiger partial charge is 0.497 e. The summed E-state index contributed by atoms with van der Waals surface area (Å²) in [5, 5.41) is 11.9. The van der Waals surface area contributed by atoms with Crippen LogP contribution in [-0.4, -0.2) is 42.2 Å². The number of benzene rings is 1. The summed E-state index contributed by atoms with van der Waals surface area (Å²) in [4.78, 5) is 24.8. The number of carbonyl (C=O) groups is 2. The number of amides is 2. The molecule has 6 nitrogen and oxygen atoms in total. The van der Waals surface area contributed by atoms with Gasteiger partial charge in [0, 0.05) is 29.3 Å². The number of carboxylic acids is 1. The number of nitrogens with one attached hydrogen (secondary N) is 1. The number of ether oxygens (including phenoxy) is 1. The molecule has 21 heavy (non-hydrogen) atoms. The summed E-state index contributed by atoms with van der Waals surface area (Å²) in [6.45, 7) is 2.51. The van der Waals surface area contributed by atoms with Crippen LogP contribution in [0.4, 0.5) is 10.5 Å². The standard InChI is InChI=1S/C14H17BrN2O4/c1-8-6-17(7-12(8)13(18)19)14(20)16-10-3-9(15)4-11(5-10)21-2/h3-5,8,12H,6-7H2,1-2H3,(H,16,20)(H,18,19). The van der Waals surface area contributed by atoms with E-state index in [1.54, 1.807) is 25.3 Å². The Morgan fingerprint density at radius 1 is 1.38 bits per heavy atom. The second-order valence-corrected chi connectivity index (χ2v) is 6.05. The number of urea groups is 1.